The number of hydrogen-bond acceptors (Lipinski definition) is 18. The topological polar surface area (TPSA) is 260 Å². The van der Waals surface area contributed by atoms with Gasteiger partial charge in [-0.1, -0.05) is 27.7 Å². The maximum absolute atomic E-state index is 14.1. The predicted molar refractivity (Wildman–Crippen MR) is 217 cm³/mol. The molecule has 3 saturated heterocycles. The lowest BCUT2D eigenvalue weighted by molar-refractivity contribution is -0.318. The lowest BCUT2D eigenvalue weighted by Crippen LogP contribution is -2.61. The van der Waals surface area contributed by atoms with Crippen LogP contribution >= 0.6 is 0 Å². The molecule has 3 aliphatic heterocycles. The summed E-state index contributed by atoms with van der Waals surface area (Å²) in [5.41, 5.74) is -4.84. The van der Waals surface area contributed by atoms with Crippen LogP contribution in [0.3, 0.4) is 0 Å². The van der Waals surface area contributed by atoms with Crippen molar-refractivity contribution < 1.29 is 83.0 Å². The van der Waals surface area contributed by atoms with Crippen molar-refractivity contribution >= 4 is 23.7 Å². The molecule has 0 aromatic carbocycles. The van der Waals surface area contributed by atoms with E-state index >= 15 is 0 Å². The Kier molecular flexibility index (Phi) is 20.7. The van der Waals surface area contributed by atoms with Crippen molar-refractivity contribution in [2.75, 3.05) is 27.8 Å². The van der Waals surface area contributed by atoms with Gasteiger partial charge in [0.1, 0.15) is 29.7 Å². The predicted octanol–water partition coefficient (Wildman–Crippen LogP) is 0.865. The normalized spacial score (nSPS) is 43.0. The van der Waals surface area contributed by atoms with Crippen molar-refractivity contribution in [2.24, 2.45) is 23.7 Å². The van der Waals surface area contributed by atoms with Crippen LogP contribution in [0.5, 0.6) is 0 Å². The molecule has 3 heterocycles. The molecule has 0 unspecified atom stereocenters. The van der Waals surface area contributed by atoms with Crippen LogP contribution in [-0.2, 0) is 52.3 Å². The third kappa shape index (κ3) is 14.1. The van der Waals surface area contributed by atoms with E-state index in [1.807, 2.05) is 25.9 Å². The molecule has 5 N–H and O–H groups in total. The number of rotatable bonds is 11. The van der Waals surface area contributed by atoms with Crippen LogP contribution in [-0.4, -0.2) is 166 Å². The number of cyclic esters (lactones) is 1. The van der Waals surface area contributed by atoms with Gasteiger partial charge in [-0.2, -0.15) is 0 Å². The number of methoxy groups -OCH3 is 1. The summed E-state index contributed by atoms with van der Waals surface area (Å²) in [5.74, 6) is -6.70. The van der Waals surface area contributed by atoms with E-state index in [0.717, 1.165) is 0 Å². The second kappa shape index (κ2) is 23.0. The highest BCUT2D eigenvalue weighted by atomic mass is 16.7. The molecule has 3 fully saturated rings. The van der Waals surface area contributed by atoms with E-state index in [4.69, 9.17) is 28.4 Å². The molecule has 0 saturated carbocycles. The van der Waals surface area contributed by atoms with Crippen LogP contribution < -0.4 is 5.11 Å². The number of aliphatic carboxylic acids is 1. The van der Waals surface area contributed by atoms with Gasteiger partial charge in [-0.15, -0.1) is 0 Å². The summed E-state index contributed by atoms with van der Waals surface area (Å²) >= 11 is 0. The number of esters is 2. The van der Waals surface area contributed by atoms with Crippen molar-refractivity contribution in [3.8, 4) is 0 Å². The van der Waals surface area contributed by atoms with Gasteiger partial charge in [0.25, 0.3) is 0 Å². The van der Waals surface area contributed by atoms with Crippen molar-refractivity contribution in [1.29, 1.82) is 0 Å². The van der Waals surface area contributed by atoms with Crippen LogP contribution in [0.4, 0.5) is 0 Å². The first kappa shape index (κ1) is 54.8. The second-order valence-electron chi connectivity index (χ2n) is 18.1. The van der Waals surface area contributed by atoms with Crippen molar-refractivity contribution in [3.63, 3.8) is 0 Å². The lowest BCUT2D eigenvalue weighted by Gasteiger charge is -2.49. The highest BCUT2D eigenvalue weighted by Crippen LogP contribution is 2.40. The first-order valence-electron chi connectivity index (χ1n) is 21.5. The van der Waals surface area contributed by atoms with Crippen molar-refractivity contribution in [1.82, 2.24) is 4.90 Å². The first-order valence-corrected chi connectivity index (χ1v) is 21.5. The van der Waals surface area contributed by atoms with E-state index in [1.165, 1.54) is 27.9 Å². The zero-order valence-electron chi connectivity index (χ0n) is 38.7. The standard InChI is InChI=1S/C37H67NO13.C6H10O4/c1-14-25-37(10,45)30(41)20(4)27(39)18(2)16-35(8,44)32(51-34-28(40)24(38(11)12)15-19(3)47-34)21(5)29(22(6)33(43)49-25)50-26-17-36(9,46-13)31(42)23(7)48-26;1-2-10-6(9)4-3-5(7)8/h18-26,28-32,34,40-42,44-45H,14-17H2,1-13H3;2-4H2,1H3,(H,7,8)/p-1/t18-,19-,20+,21+,22-,23+,24+,25-,26+,28-,29+,30-,31+,32-,34+,35-,36-,37-;/m1./s1. The van der Waals surface area contributed by atoms with Crippen LogP contribution in [0, 0.1) is 23.7 Å². The van der Waals surface area contributed by atoms with Gasteiger partial charge in [0.15, 0.2) is 12.6 Å². The van der Waals surface area contributed by atoms with Gasteiger partial charge in [-0.25, -0.2) is 0 Å². The Morgan fingerprint density at radius 2 is 1.49 bits per heavy atom. The number of aliphatic hydroxyl groups excluding tert-OH is 3. The number of hydrogen-bond donors (Lipinski definition) is 5. The van der Waals surface area contributed by atoms with Crippen molar-refractivity contribution in [3.05, 3.63) is 0 Å². The van der Waals surface area contributed by atoms with Gasteiger partial charge >= 0.3 is 11.9 Å². The average Bonchev–Trinajstić information content (AvgIpc) is 3.18. The summed E-state index contributed by atoms with van der Waals surface area (Å²) in [6, 6.07) is -0.324. The second-order valence-corrected chi connectivity index (χ2v) is 18.1. The molecule has 0 bridgehead atoms. The summed E-state index contributed by atoms with van der Waals surface area (Å²) < 4.78 is 41.5. The molecular weight excluding hydrogens is 802 g/mol. The van der Waals surface area contributed by atoms with E-state index in [1.54, 1.807) is 48.5 Å². The number of ketones is 1. The number of carboxylic acid groups (broad SMARTS) is 1. The van der Waals surface area contributed by atoms with Gasteiger partial charge in [-0.3, -0.25) is 14.4 Å². The van der Waals surface area contributed by atoms with Crippen LogP contribution in [0.15, 0.2) is 0 Å². The molecule has 18 heteroatoms. The van der Waals surface area contributed by atoms with E-state index in [2.05, 4.69) is 4.74 Å². The largest absolute Gasteiger partial charge is 0.550 e. The molecular formula is C43H76NO17-. The fourth-order valence-corrected chi connectivity index (χ4v) is 8.85. The van der Waals surface area contributed by atoms with Gasteiger partial charge in [-0.05, 0) is 88.2 Å². The molecule has 3 aliphatic rings. The van der Waals surface area contributed by atoms with E-state index in [0.29, 0.717) is 6.42 Å². The zero-order valence-corrected chi connectivity index (χ0v) is 38.7. The van der Waals surface area contributed by atoms with E-state index in [-0.39, 0.29) is 50.9 Å². The number of ether oxygens (including phenoxy) is 7. The Balaban J connectivity index is 0.00000113. The Morgan fingerprint density at radius 3 is 2.02 bits per heavy atom. The van der Waals surface area contributed by atoms with Crippen LogP contribution in [0.1, 0.15) is 115 Å². The maximum Gasteiger partial charge on any atom is 0.311 e. The first-order chi connectivity index (χ1) is 28.1. The number of aliphatic hydroxyl groups is 5. The molecule has 0 amide bonds. The number of Topliss-reactive ketones (excluding diaryl/α,β-unsaturated/α-hetero) is 1. The summed E-state index contributed by atoms with van der Waals surface area (Å²) in [6.07, 6.45) is -10.1. The Hall–Kier alpha value is -2.36. The fourth-order valence-electron chi connectivity index (χ4n) is 8.85. The molecule has 61 heavy (non-hydrogen) atoms. The van der Waals surface area contributed by atoms with E-state index < -0.39 is 119 Å². The average molecular weight is 879 g/mol. The third-order valence-corrected chi connectivity index (χ3v) is 12.7. The molecule has 0 spiro atoms. The molecule has 3 rings (SSSR count). The third-order valence-electron chi connectivity index (χ3n) is 12.7. The van der Waals surface area contributed by atoms with Gasteiger partial charge in [0, 0.05) is 43.3 Å². The van der Waals surface area contributed by atoms with Gasteiger partial charge in [0.05, 0.1) is 60.7 Å². The minimum Gasteiger partial charge on any atom is -0.550 e. The molecule has 0 aromatic heterocycles. The molecule has 18 atom stereocenters. The smallest absolute Gasteiger partial charge is 0.311 e. The quantitative estimate of drug-likeness (QED) is 0.180. The van der Waals surface area contributed by atoms with Gasteiger partial charge < -0.3 is 73.5 Å². The molecule has 0 aliphatic carbocycles. The van der Waals surface area contributed by atoms with E-state index in [9.17, 15) is 49.8 Å². The fraction of sp³-hybridized carbons (Fsp3) is 0.907. The number of carboxylic acids is 1. The number of nitrogens with zero attached hydrogens (tertiary/aromatic N) is 1. The minimum absolute atomic E-state index is 0.0936. The molecule has 18 nitrogen and oxygen atoms in total. The van der Waals surface area contributed by atoms with Crippen LogP contribution in [0.2, 0.25) is 0 Å². The zero-order chi connectivity index (χ0) is 46.9. The molecule has 0 aromatic rings. The maximum atomic E-state index is 14.1. The lowest BCUT2D eigenvalue weighted by atomic mass is 9.74. The highest BCUT2D eigenvalue weighted by molar-refractivity contribution is 5.83. The summed E-state index contributed by atoms with van der Waals surface area (Å²) in [4.78, 5) is 50.0. The van der Waals surface area contributed by atoms with Crippen molar-refractivity contribution in [2.45, 2.75) is 199 Å². The number of likely N-dealkylation sites (N-methyl/N-ethyl adjacent to an activating group) is 1. The Morgan fingerprint density at radius 1 is 0.885 bits per heavy atom. The highest BCUT2D eigenvalue weighted by Gasteiger charge is 2.53. The monoisotopic (exact) mass is 879 g/mol. The number of carbonyl (C=O) groups is 4. The Bertz CT molecular complexity index is 1430. The summed E-state index contributed by atoms with van der Waals surface area (Å²) in [6.45, 7) is 18.3. The van der Waals surface area contributed by atoms with Gasteiger partial charge in [0.2, 0.25) is 0 Å². The molecule has 356 valence electrons. The molecule has 0 radical (unpaired) electrons. The number of carbonyl (C=O) groups excluding carboxylic acids is 4. The summed E-state index contributed by atoms with van der Waals surface area (Å²) in [5, 5.41) is 67.4. The summed E-state index contributed by atoms with van der Waals surface area (Å²) in [7, 11) is 5.18. The minimum atomic E-state index is -1.99. The Labute approximate surface area is 361 Å². The SMILES string of the molecule is CCOC(=O)CCC(=O)[O-].CC[C@H]1OC(=O)[C@H](C)[C@@H](O[C@H]2C[C@@](C)(OC)[C@@H](O)[C@H](C)O2)[C@H](C)[C@@H](O[C@@H]2O[C@H](C)C[C@H](N(C)C)[C@H]2O)[C@](C)(O)C[C@@H](C)C(=O)[C@H](C)[C@@H](O)[C@]1(C)O. The van der Waals surface area contributed by atoms with Crippen LogP contribution in [0.25, 0.3) is 0 Å².